The standard InChI is InChI=1S/C17H22F3N7S/c1-2-21-15(24-7-4-14-25-13(12-28-14)17(18,19)20)26-8-10-27(11-9-26)16-22-5-3-6-23-16/h3,5-6,12H,2,4,7-11H2,1H3,(H,21,24). The van der Waals surface area contributed by atoms with Gasteiger partial charge < -0.3 is 15.1 Å². The Morgan fingerprint density at radius 1 is 1.21 bits per heavy atom. The number of halogens is 3. The number of thiazole rings is 1. The zero-order valence-corrected chi connectivity index (χ0v) is 16.3. The van der Waals surface area contributed by atoms with Crippen LogP contribution in [0.15, 0.2) is 28.8 Å². The first-order valence-corrected chi connectivity index (χ1v) is 9.92. The molecule has 2 aromatic heterocycles. The third-order valence-electron chi connectivity index (χ3n) is 4.18. The molecule has 1 aliphatic rings. The number of nitrogens with zero attached hydrogens (tertiary/aromatic N) is 6. The zero-order valence-electron chi connectivity index (χ0n) is 15.5. The SMILES string of the molecule is CCNC(=NCCc1nc(C(F)(F)F)cs1)N1CCN(c2ncccn2)CC1. The molecule has 0 bridgehead atoms. The number of alkyl halides is 3. The minimum atomic E-state index is -4.39. The first kappa shape index (κ1) is 20.3. The summed E-state index contributed by atoms with van der Waals surface area (Å²) in [6.45, 7) is 6.16. The third kappa shape index (κ3) is 5.31. The second-order valence-electron chi connectivity index (χ2n) is 6.13. The van der Waals surface area contributed by atoms with Gasteiger partial charge in [0, 0.05) is 63.5 Å². The molecule has 0 atom stereocenters. The Kier molecular flexibility index (Phi) is 6.65. The third-order valence-corrected chi connectivity index (χ3v) is 5.09. The number of anilines is 1. The highest BCUT2D eigenvalue weighted by atomic mass is 32.1. The van der Waals surface area contributed by atoms with Gasteiger partial charge >= 0.3 is 6.18 Å². The normalized spacial score (nSPS) is 15.8. The van der Waals surface area contributed by atoms with Crippen LogP contribution in [0.1, 0.15) is 17.6 Å². The minimum Gasteiger partial charge on any atom is -0.357 e. The van der Waals surface area contributed by atoms with Crippen LogP contribution in [-0.2, 0) is 12.6 Å². The van der Waals surface area contributed by atoms with Crippen molar-refractivity contribution in [2.45, 2.75) is 19.5 Å². The largest absolute Gasteiger partial charge is 0.434 e. The van der Waals surface area contributed by atoms with Crippen LogP contribution in [0.2, 0.25) is 0 Å². The topological polar surface area (TPSA) is 69.5 Å². The molecule has 0 spiro atoms. The van der Waals surface area contributed by atoms with Crippen molar-refractivity contribution in [1.82, 2.24) is 25.2 Å². The fourth-order valence-corrected chi connectivity index (χ4v) is 3.61. The Labute approximate surface area is 165 Å². The molecule has 3 heterocycles. The number of aliphatic imine (C=N–C) groups is 1. The van der Waals surface area contributed by atoms with Crippen LogP contribution in [0.4, 0.5) is 19.1 Å². The van der Waals surface area contributed by atoms with Gasteiger partial charge in [0.25, 0.3) is 0 Å². The summed E-state index contributed by atoms with van der Waals surface area (Å²) in [6.07, 6.45) is -0.561. The molecule has 0 aromatic carbocycles. The molecule has 0 aliphatic carbocycles. The van der Waals surface area contributed by atoms with Gasteiger partial charge in [-0.05, 0) is 13.0 Å². The monoisotopic (exact) mass is 413 g/mol. The predicted octanol–water partition coefficient (Wildman–Crippen LogP) is 2.28. The van der Waals surface area contributed by atoms with E-state index in [0.29, 0.717) is 23.9 Å². The van der Waals surface area contributed by atoms with Crippen molar-refractivity contribution < 1.29 is 13.2 Å². The van der Waals surface area contributed by atoms with Gasteiger partial charge in [-0.25, -0.2) is 15.0 Å². The van der Waals surface area contributed by atoms with Crippen molar-refractivity contribution in [3.63, 3.8) is 0 Å². The second-order valence-corrected chi connectivity index (χ2v) is 7.08. The summed E-state index contributed by atoms with van der Waals surface area (Å²) in [5.74, 6) is 1.48. The minimum absolute atomic E-state index is 0.382. The lowest BCUT2D eigenvalue weighted by molar-refractivity contribution is -0.140. The number of piperazine rings is 1. The molecule has 3 rings (SSSR count). The van der Waals surface area contributed by atoms with Gasteiger partial charge in [-0.1, -0.05) is 0 Å². The number of guanidine groups is 1. The Balaban J connectivity index is 1.55. The van der Waals surface area contributed by atoms with Crippen LogP contribution in [0.5, 0.6) is 0 Å². The van der Waals surface area contributed by atoms with Crippen LogP contribution in [0, 0.1) is 0 Å². The molecule has 7 nitrogen and oxygen atoms in total. The number of hydrogen-bond acceptors (Lipinski definition) is 6. The van der Waals surface area contributed by atoms with Crippen LogP contribution in [-0.4, -0.2) is 65.1 Å². The quantitative estimate of drug-likeness (QED) is 0.599. The van der Waals surface area contributed by atoms with Crippen molar-refractivity contribution >= 4 is 23.2 Å². The Morgan fingerprint density at radius 2 is 1.93 bits per heavy atom. The summed E-state index contributed by atoms with van der Waals surface area (Å²) < 4.78 is 37.9. The fourth-order valence-electron chi connectivity index (χ4n) is 2.81. The highest BCUT2D eigenvalue weighted by molar-refractivity contribution is 7.09. The molecule has 1 N–H and O–H groups in total. The lowest BCUT2D eigenvalue weighted by Gasteiger charge is -2.36. The zero-order chi connectivity index (χ0) is 20.0. The molecule has 0 radical (unpaired) electrons. The average molecular weight is 413 g/mol. The van der Waals surface area contributed by atoms with E-state index in [1.54, 1.807) is 18.5 Å². The van der Waals surface area contributed by atoms with Gasteiger partial charge in [0.1, 0.15) is 0 Å². The Bertz CT molecular complexity index is 771. The summed E-state index contributed by atoms with van der Waals surface area (Å²) in [7, 11) is 0. The first-order chi connectivity index (χ1) is 13.5. The van der Waals surface area contributed by atoms with E-state index in [9.17, 15) is 13.2 Å². The maximum Gasteiger partial charge on any atom is 0.434 e. The molecular weight excluding hydrogens is 391 g/mol. The van der Waals surface area contributed by atoms with Crippen molar-refractivity contribution in [1.29, 1.82) is 0 Å². The van der Waals surface area contributed by atoms with E-state index in [1.165, 1.54) is 0 Å². The van der Waals surface area contributed by atoms with Crippen molar-refractivity contribution in [3.8, 4) is 0 Å². The fraction of sp³-hybridized carbons (Fsp3) is 0.529. The van der Waals surface area contributed by atoms with Gasteiger partial charge in [0.15, 0.2) is 11.7 Å². The van der Waals surface area contributed by atoms with Crippen LogP contribution >= 0.6 is 11.3 Å². The van der Waals surface area contributed by atoms with Crippen molar-refractivity contribution in [2.24, 2.45) is 4.99 Å². The summed E-state index contributed by atoms with van der Waals surface area (Å²) in [5.41, 5.74) is -0.831. The number of nitrogens with one attached hydrogen (secondary N) is 1. The molecule has 28 heavy (non-hydrogen) atoms. The smallest absolute Gasteiger partial charge is 0.357 e. The molecule has 11 heteroatoms. The van der Waals surface area contributed by atoms with Crippen LogP contribution < -0.4 is 10.2 Å². The molecule has 1 saturated heterocycles. The lowest BCUT2D eigenvalue weighted by Crippen LogP contribution is -2.53. The van der Waals surface area contributed by atoms with E-state index in [0.717, 1.165) is 55.4 Å². The first-order valence-electron chi connectivity index (χ1n) is 9.04. The lowest BCUT2D eigenvalue weighted by atomic mass is 10.3. The highest BCUT2D eigenvalue weighted by Crippen LogP contribution is 2.30. The van der Waals surface area contributed by atoms with E-state index < -0.39 is 11.9 Å². The summed E-state index contributed by atoms with van der Waals surface area (Å²) in [4.78, 5) is 21.0. The van der Waals surface area contributed by atoms with E-state index in [2.05, 4.69) is 35.1 Å². The number of hydrogen-bond donors (Lipinski definition) is 1. The maximum atomic E-state index is 12.6. The summed E-state index contributed by atoms with van der Waals surface area (Å²) in [6, 6.07) is 1.79. The molecule has 1 aliphatic heterocycles. The van der Waals surface area contributed by atoms with Gasteiger partial charge in [-0.15, -0.1) is 11.3 Å². The average Bonchev–Trinajstić information content (AvgIpc) is 3.18. The summed E-state index contributed by atoms with van der Waals surface area (Å²) >= 11 is 1.02. The second kappa shape index (κ2) is 9.18. The van der Waals surface area contributed by atoms with E-state index >= 15 is 0 Å². The van der Waals surface area contributed by atoms with E-state index in [1.807, 2.05) is 6.92 Å². The predicted molar refractivity (Wildman–Crippen MR) is 103 cm³/mol. The molecule has 2 aromatic rings. The Morgan fingerprint density at radius 3 is 2.54 bits per heavy atom. The van der Waals surface area contributed by atoms with Crippen LogP contribution in [0.3, 0.4) is 0 Å². The van der Waals surface area contributed by atoms with E-state index in [-0.39, 0.29) is 0 Å². The van der Waals surface area contributed by atoms with Gasteiger partial charge in [-0.3, -0.25) is 4.99 Å². The molecule has 0 saturated carbocycles. The molecule has 152 valence electrons. The Hall–Kier alpha value is -2.43. The van der Waals surface area contributed by atoms with Gasteiger partial charge in [-0.2, -0.15) is 13.2 Å². The molecule has 1 fully saturated rings. The van der Waals surface area contributed by atoms with E-state index in [4.69, 9.17) is 0 Å². The maximum absolute atomic E-state index is 12.6. The van der Waals surface area contributed by atoms with Gasteiger partial charge in [0.2, 0.25) is 5.95 Å². The molecular formula is C17H22F3N7S. The van der Waals surface area contributed by atoms with Crippen LogP contribution in [0.25, 0.3) is 0 Å². The van der Waals surface area contributed by atoms with Crippen molar-refractivity contribution in [2.75, 3.05) is 44.2 Å². The molecule has 0 amide bonds. The molecule has 0 unspecified atom stereocenters. The van der Waals surface area contributed by atoms with Gasteiger partial charge in [0.05, 0.1) is 5.01 Å². The number of aromatic nitrogens is 3. The van der Waals surface area contributed by atoms with Crippen molar-refractivity contribution in [3.05, 3.63) is 34.5 Å². The highest BCUT2D eigenvalue weighted by Gasteiger charge is 2.33. The number of rotatable bonds is 5. The summed E-state index contributed by atoms with van der Waals surface area (Å²) in [5, 5.41) is 4.75.